The van der Waals surface area contributed by atoms with Crippen molar-refractivity contribution in [1.29, 1.82) is 0 Å². The second kappa shape index (κ2) is 7.31. The summed E-state index contributed by atoms with van der Waals surface area (Å²) in [4.78, 5) is 27.3. The molecule has 2 unspecified atom stereocenters. The van der Waals surface area contributed by atoms with Gasteiger partial charge in [-0.2, -0.15) is 0 Å². The van der Waals surface area contributed by atoms with Crippen LogP contribution in [-0.2, 0) is 9.59 Å². The van der Waals surface area contributed by atoms with Crippen LogP contribution >= 0.6 is 21.6 Å². The maximum absolute atomic E-state index is 12.3. The number of ketones is 1. The summed E-state index contributed by atoms with van der Waals surface area (Å²) in [6.07, 6.45) is 9.24. The molecular weight excluding hydrogens is 294 g/mol. The van der Waals surface area contributed by atoms with Crippen molar-refractivity contribution in [3.8, 4) is 0 Å². The molecule has 2 rings (SSSR count). The smallest absolute Gasteiger partial charge is 0.306 e. The molecule has 20 heavy (non-hydrogen) atoms. The van der Waals surface area contributed by atoms with Gasteiger partial charge in [0.1, 0.15) is 5.54 Å². The molecule has 0 radical (unpaired) electrons. The van der Waals surface area contributed by atoms with E-state index in [-0.39, 0.29) is 12.2 Å². The van der Waals surface area contributed by atoms with E-state index in [9.17, 15) is 9.59 Å². The van der Waals surface area contributed by atoms with Crippen molar-refractivity contribution in [3.63, 3.8) is 0 Å². The number of carbonyl (C=O) groups excluding carboxylic acids is 1. The number of carbonyl (C=O) groups is 2. The van der Waals surface area contributed by atoms with Gasteiger partial charge >= 0.3 is 5.97 Å². The van der Waals surface area contributed by atoms with Crippen LogP contribution in [0.3, 0.4) is 0 Å². The number of carboxylic acids is 1. The monoisotopic (exact) mass is 313 g/mol. The van der Waals surface area contributed by atoms with Crippen LogP contribution in [0.2, 0.25) is 0 Å². The van der Waals surface area contributed by atoms with E-state index < -0.39 is 11.5 Å². The molecule has 0 saturated carbocycles. The van der Waals surface area contributed by atoms with E-state index >= 15 is 0 Å². The third-order valence-corrected chi connectivity index (χ3v) is 6.58. The van der Waals surface area contributed by atoms with Crippen LogP contribution in [0, 0.1) is 0 Å². The summed E-state index contributed by atoms with van der Waals surface area (Å²) < 4.78 is 0. The van der Waals surface area contributed by atoms with Gasteiger partial charge in [-0.25, -0.2) is 0 Å². The third kappa shape index (κ3) is 4.12. The minimum atomic E-state index is -1.14. The number of aliphatic imine (C=N–C) groups is 1. The van der Waals surface area contributed by atoms with Gasteiger partial charge in [-0.3, -0.25) is 14.6 Å². The Morgan fingerprint density at radius 2 is 2.25 bits per heavy atom. The SMILES string of the molecule is O=C(O)CC1(C(=O)CCCCC2CCSS2)C=CC=N1. The average Bonchev–Trinajstić information content (AvgIpc) is 3.05. The number of unbranched alkanes of at least 4 members (excludes halogenated alkanes) is 1. The second-order valence-corrected chi connectivity index (χ2v) is 7.92. The van der Waals surface area contributed by atoms with Gasteiger partial charge in [0, 0.05) is 23.6 Å². The van der Waals surface area contributed by atoms with Crippen molar-refractivity contribution in [1.82, 2.24) is 0 Å². The Hall–Kier alpha value is -0.750. The van der Waals surface area contributed by atoms with E-state index in [1.165, 1.54) is 18.4 Å². The molecule has 2 aliphatic heterocycles. The van der Waals surface area contributed by atoms with Gasteiger partial charge in [-0.15, -0.1) is 0 Å². The predicted molar refractivity (Wildman–Crippen MR) is 84.5 cm³/mol. The normalized spacial score (nSPS) is 28.1. The van der Waals surface area contributed by atoms with Crippen molar-refractivity contribution in [3.05, 3.63) is 12.2 Å². The number of aliphatic carboxylic acids is 1. The van der Waals surface area contributed by atoms with Crippen molar-refractivity contribution in [2.75, 3.05) is 5.75 Å². The predicted octanol–water partition coefficient (Wildman–Crippen LogP) is 3.12. The fourth-order valence-electron chi connectivity index (χ4n) is 2.46. The Kier molecular flexibility index (Phi) is 5.72. The third-order valence-electron chi connectivity index (χ3n) is 3.57. The van der Waals surface area contributed by atoms with Gasteiger partial charge < -0.3 is 5.11 Å². The van der Waals surface area contributed by atoms with Gasteiger partial charge in [0.2, 0.25) is 0 Å². The van der Waals surface area contributed by atoms with Gasteiger partial charge in [-0.05, 0) is 31.4 Å². The minimum absolute atomic E-state index is 0.0710. The molecule has 6 heteroatoms. The van der Waals surface area contributed by atoms with E-state index in [1.807, 2.05) is 21.6 Å². The summed E-state index contributed by atoms with van der Waals surface area (Å²) in [5, 5.41) is 9.67. The van der Waals surface area contributed by atoms with Gasteiger partial charge in [0.15, 0.2) is 5.78 Å². The van der Waals surface area contributed by atoms with Gasteiger partial charge in [0.25, 0.3) is 0 Å². The van der Waals surface area contributed by atoms with Crippen LogP contribution in [0.5, 0.6) is 0 Å². The summed E-state index contributed by atoms with van der Waals surface area (Å²) in [6, 6.07) is 0. The topological polar surface area (TPSA) is 66.7 Å². The van der Waals surface area contributed by atoms with Crippen LogP contribution < -0.4 is 0 Å². The molecule has 0 amide bonds. The van der Waals surface area contributed by atoms with Crippen molar-refractivity contribution in [2.24, 2.45) is 4.99 Å². The molecule has 1 saturated heterocycles. The average molecular weight is 313 g/mol. The largest absolute Gasteiger partial charge is 0.481 e. The maximum Gasteiger partial charge on any atom is 0.306 e. The Labute approximate surface area is 126 Å². The number of rotatable bonds is 8. The molecule has 110 valence electrons. The first-order valence-electron chi connectivity index (χ1n) is 6.89. The lowest BCUT2D eigenvalue weighted by Crippen LogP contribution is -2.35. The quantitative estimate of drug-likeness (QED) is 0.551. The summed E-state index contributed by atoms with van der Waals surface area (Å²) >= 11 is 0. The second-order valence-electron chi connectivity index (χ2n) is 5.13. The zero-order chi connectivity index (χ0) is 14.4. The van der Waals surface area contributed by atoms with E-state index in [1.54, 1.807) is 12.2 Å². The highest BCUT2D eigenvalue weighted by Gasteiger charge is 2.38. The molecule has 2 atom stereocenters. The maximum atomic E-state index is 12.3. The van der Waals surface area contributed by atoms with E-state index in [2.05, 4.69) is 4.99 Å². The van der Waals surface area contributed by atoms with Crippen LogP contribution in [0.4, 0.5) is 0 Å². The lowest BCUT2D eigenvalue weighted by molar-refractivity contribution is -0.140. The number of allylic oxidation sites excluding steroid dienone is 1. The molecule has 0 aromatic rings. The zero-order valence-corrected chi connectivity index (χ0v) is 12.9. The Bertz CT molecular complexity index is 416. The number of hydrogen-bond donors (Lipinski definition) is 1. The van der Waals surface area contributed by atoms with Crippen LogP contribution in [0.15, 0.2) is 17.1 Å². The Balaban J connectivity index is 1.76. The molecule has 0 aromatic heterocycles. The fourth-order valence-corrected chi connectivity index (χ4v) is 5.49. The minimum Gasteiger partial charge on any atom is -0.481 e. The van der Waals surface area contributed by atoms with E-state index in [0.29, 0.717) is 6.42 Å². The summed E-state index contributed by atoms with van der Waals surface area (Å²) in [6.45, 7) is 0. The highest BCUT2D eigenvalue weighted by atomic mass is 33.1. The van der Waals surface area contributed by atoms with Crippen molar-refractivity contribution < 1.29 is 14.7 Å². The lowest BCUT2D eigenvalue weighted by Gasteiger charge is -2.20. The van der Waals surface area contributed by atoms with Crippen LogP contribution in [-0.4, -0.2) is 39.6 Å². The molecule has 0 spiro atoms. The molecular formula is C14H19NO3S2. The van der Waals surface area contributed by atoms with Crippen LogP contribution in [0.25, 0.3) is 0 Å². The zero-order valence-electron chi connectivity index (χ0n) is 11.3. The van der Waals surface area contributed by atoms with Gasteiger partial charge in [0.05, 0.1) is 6.42 Å². The molecule has 1 N–H and O–H groups in total. The molecule has 2 aliphatic rings. The first-order chi connectivity index (χ1) is 9.62. The molecule has 1 fully saturated rings. The highest BCUT2D eigenvalue weighted by Crippen LogP contribution is 2.40. The number of Topliss-reactive ketones (excluding diaryl/α,β-unsaturated/α-hetero) is 1. The summed E-state index contributed by atoms with van der Waals surface area (Å²) in [5.74, 6) is 0.176. The van der Waals surface area contributed by atoms with Crippen molar-refractivity contribution in [2.45, 2.75) is 49.3 Å². The molecule has 0 aromatic carbocycles. The van der Waals surface area contributed by atoms with Crippen molar-refractivity contribution >= 4 is 39.6 Å². The number of nitrogens with zero attached hydrogens (tertiary/aromatic N) is 1. The number of hydrogen-bond acceptors (Lipinski definition) is 5. The molecule has 0 aliphatic carbocycles. The molecule has 2 heterocycles. The first kappa shape index (κ1) is 15.6. The summed E-state index contributed by atoms with van der Waals surface area (Å²) in [7, 11) is 3.88. The molecule has 0 bridgehead atoms. The Morgan fingerprint density at radius 3 is 2.85 bits per heavy atom. The lowest BCUT2D eigenvalue weighted by atomic mass is 9.88. The van der Waals surface area contributed by atoms with Crippen LogP contribution in [0.1, 0.15) is 38.5 Å². The Morgan fingerprint density at radius 1 is 1.40 bits per heavy atom. The number of carboxylic acid groups (broad SMARTS) is 1. The first-order valence-corrected chi connectivity index (χ1v) is 9.27. The van der Waals surface area contributed by atoms with E-state index in [4.69, 9.17) is 5.11 Å². The molecule has 4 nitrogen and oxygen atoms in total. The summed E-state index contributed by atoms with van der Waals surface area (Å²) in [5.41, 5.74) is -1.14. The highest BCUT2D eigenvalue weighted by molar-refractivity contribution is 8.77. The van der Waals surface area contributed by atoms with Gasteiger partial charge in [-0.1, -0.05) is 28.0 Å². The van der Waals surface area contributed by atoms with E-state index in [0.717, 1.165) is 24.5 Å². The standard InChI is InChI=1S/C14H19NO3S2/c16-12(5-2-1-4-11-6-9-19-20-11)14(10-13(17)18)7-3-8-15-14/h3,7-8,11H,1-2,4-6,9-10H2,(H,17,18). The fraction of sp³-hybridized carbons (Fsp3) is 0.643.